The fourth-order valence-electron chi connectivity index (χ4n) is 2.64. The van der Waals surface area contributed by atoms with Crippen molar-refractivity contribution in [2.45, 2.75) is 13.0 Å². The molecule has 142 valence electrons. The smallest absolute Gasteiger partial charge is 0.269 e. The number of pyridine rings is 1. The molecule has 2 amide bonds. The van der Waals surface area contributed by atoms with Gasteiger partial charge in [-0.2, -0.15) is 0 Å². The Hall–Kier alpha value is -3.54. The summed E-state index contributed by atoms with van der Waals surface area (Å²) in [6.07, 6.45) is 2.14. The predicted molar refractivity (Wildman–Crippen MR) is 104 cm³/mol. The minimum Gasteiger partial charge on any atom is -0.350 e. The zero-order chi connectivity index (χ0) is 19.8. The zero-order valence-electron chi connectivity index (χ0n) is 15.2. The van der Waals surface area contributed by atoms with Crippen LogP contribution in [0.15, 0.2) is 72.9 Å². The third-order valence-corrected chi connectivity index (χ3v) is 4.16. The van der Waals surface area contributed by atoms with Crippen LogP contribution >= 0.6 is 0 Å². The number of halogens is 1. The molecule has 0 fully saturated rings. The summed E-state index contributed by atoms with van der Waals surface area (Å²) >= 11 is 0. The van der Waals surface area contributed by atoms with Crippen molar-refractivity contribution in [3.8, 4) is 0 Å². The molecule has 0 atom stereocenters. The van der Waals surface area contributed by atoms with Crippen LogP contribution in [-0.2, 0) is 13.0 Å². The summed E-state index contributed by atoms with van der Waals surface area (Å²) < 4.78 is 12.9. The van der Waals surface area contributed by atoms with Crippen molar-refractivity contribution < 1.29 is 14.0 Å². The standard InChI is InChI=1S/C22H20FN3O2/c23-19-8-6-17(7-9-19)15-26-21(27)18-11-13-24-20(14-18)22(28)25-12-10-16-4-2-1-3-5-16/h1-9,11,13-14H,10,12,15H2,(H,25,28)(H,26,27). The van der Waals surface area contributed by atoms with Gasteiger partial charge in [0.15, 0.2) is 0 Å². The van der Waals surface area contributed by atoms with E-state index in [-0.39, 0.29) is 29.9 Å². The molecule has 0 saturated heterocycles. The van der Waals surface area contributed by atoms with Gasteiger partial charge in [-0.25, -0.2) is 4.39 Å². The van der Waals surface area contributed by atoms with E-state index >= 15 is 0 Å². The van der Waals surface area contributed by atoms with Crippen molar-refractivity contribution in [1.29, 1.82) is 0 Å². The van der Waals surface area contributed by atoms with Gasteiger partial charge in [0.05, 0.1) is 0 Å². The summed E-state index contributed by atoms with van der Waals surface area (Å²) in [5.41, 5.74) is 2.43. The van der Waals surface area contributed by atoms with Crippen LogP contribution in [0.2, 0.25) is 0 Å². The molecular weight excluding hydrogens is 357 g/mol. The maximum atomic E-state index is 12.9. The van der Waals surface area contributed by atoms with Crippen LogP contribution in [0, 0.1) is 5.82 Å². The van der Waals surface area contributed by atoms with Gasteiger partial charge in [-0.1, -0.05) is 42.5 Å². The Morgan fingerprint density at radius 1 is 0.857 bits per heavy atom. The second-order valence-electron chi connectivity index (χ2n) is 6.23. The Balaban J connectivity index is 1.54. The Kier molecular flexibility index (Phi) is 6.46. The van der Waals surface area contributed by atoms with Gasteiger partial charge < -0.3 is 10.6 Å². The number of rotatable bonds is 7. The van der Waals surface area contributed by atoms with Gasteiger partial charge in [0.1, 0.15) is 11.5 Å². The first-order valence-corrected chi connectivity index (χ1v) is 8.92. The average molecular weight is 377 g/mol. The minimum atomic E-state index is -0.330. The number of hydrogen-bond donors (Lipinski definition) is 2. The van der Waals surface area contributed by atoms with Crippen LogP contribution in [0.3, 0.4) is 0 Å². The van der Waals surface area contributed by atoms with Gasteiger partial charge in [0.25, 0.3) is 11.8 Å². The van der Waals surface area contributed by atoms with E-state index in [1.54, 1.807) is 18.2 Å². The molecule has 0 aliphatic rings. The maximum absolute atomic E-state index is 12.9. The lowest BCUT2D eigenvalue weighted by Crippen LogP contribution is -2.27. The fourth-order valence-corrected chi connectivity index (χ4v) is 2.64. The van der Waals surface area contributed by atoms with E-state index < -0.39 is 0 Å². The highest BCUT2D eigenvalue weighted by atomic mass is 19.1. The number of nitrogens with zero attached hydrogens (tertiary/aromatic N) is 1. The van der Waals surface area contributed by atoms with E-state index in [0.717, 1.165) is 11.1 Å². The number of aromatic nitrogens is 1. The van der Waals surface area contributed by atoms with Gasteiger partial charge in [-0.15, -0.1) is 0 Å². The quantitative estimate of drug-likeness (QED) is 0.665. The Morgan fingerprint density at radius 3 is 2.36 bits per heavy atom. The Morgan fingerprint density at radius 2 is 1.61 bits per heavy atom. The summed E-state index contributed by atoms with van der Waals surface area (Å²) in [7, 11) is 0. The molecular formula is C22H20FN3O2. The van der Waals surface area contributed by atoms with E-state index in [4.69, 9.17) is 0 Å². The summed E-state index contributed by atoms with van der Waals surface area (Å²) in [5, 5.41) is 5.55. The molecule has 6 heteroatoms. The second-order valence-corrected chi connectivity index (χ2v) is 6.23. The van der Waals surface area contributed by atoms with Crippen LogP contribution in [0.25, 0.3) is 0 Å². The molecule has 2 aromatic carbocycles. The van der Waals surface area contributed by atoms with E-state index in [1.807, 2.05) is 30.3 Å². The van der Waals surface area contributed by atoms with Crippen molar-refractivity contribution in [3.63, 3.8) is 0 Å². The van der Waals surface area contributed by atoms with Gasteiger partial charge in [0.2, 0.25) is 0 Å². The van der Waals surface area contributed by atoms with Crippen molar-refractivity contribution in [2.24, 2.45) is 0 Å². The van der Waals surface area contributed by atoms with Crippen molar-refractivity contribution in [2.75, 3.05) is 6.54 Å². The molecule has 0 unspecified atom stereocenters. The van der Waals surface area contributed by atoms with Crippen LogP contribution in [-0.4, -0.2) is 23.3 Å². The highest BCUT2D eigenvalue weighted by Crippen LogP contribution is 2.05. The highest BCUT2D eigenvalue weighted by Gasteiger charge is 2.11. The zero-order valence-corrected chi connectivity index (χ0v) is 15.2. The number of amides is 2. The highest BCUT2D eigenvalue weighted by molar-refractivity contribution is 5.98. The first kappa shape index (κ1) is 19.2. The Bertz CT molecular complexity index is 944. The topological polar surface area (TPSA) is 71.1 Å². The van der Waals surface area contributed by atoms with Crippen molar-refractivity contribution >= 4 is 11.8 Å². The van der Waals surface area contributed by atoms with Crippen LogP contribution in [0.5, 0.6) is 0 Å². The molecule has 1 heterocycles. The molecule has 0 bridgehead atoms. The second kappa shape index (κ2) is 9.41. The lowest BCUT2D eigenvalue weighted by molar-refractivity contribution is 0.0949. The largest absolute Gasteiger partial charge is 0.350 e. The summed E-state index contributed by atoms with van der Waals surface area (Å²) in [5.74, 6) is -0.985. The van der Waals surface area contributed by atoms with E-state index in [9.17, 15) is 14.0 Å². The molecule has 0 radical (unpaired) electrons. The van der Waals surface area contributed by atoms with Crippen molar-refractivity contribution in [3.05, 3.63) is 101 Å². The molecule has 0 aliphatic heterocycles. The molecule has 0 saturated carbocycles. The third-order valence-electron chi connectivity index (χ3n) is 4.16. The normalized spacial score (nSPS) is 10.3. The molecule has 28 heavy (non-hydrogen) atoms. The number of carbonyl (C=O) groups is 2. The number of carbonyl (C=O) groups excluding carboxylic acids is 2. The van der Waals surface area contributed by atoms with Gasteiger partial charge in [-0.05, 0) is 41.8 Å². The number of benzene rings is 2. The third kappa shape index (κ3) is 5.48. The monoisotopic (exact) mass is 377 g/mol. The summed E-state index contributed by atoms with van der Waals surface area (Å²) in [6.45, 7) is 0.742. The minimum absolute atomic E-state index is 0.183. The Labute approximate surface area is 162 Å². The lowest BCUT2D eigenvalue weighted by Gasteiger charge is -2.08. The van der Waals surface area contributed by atoms with Crippen LogP contribution < -0.4 is 10.6 Å². The predicted octanol–water partition coefficient (Wildman–Crippen LogP) is 3.12. The number of nitrogens with one attached hydrogen (secondary N) is 2. The van der Waals surface area contributed by atoms with Crippen molar-refractivity contribution in [1.82, 2.24) is 15.6 Å². The molecule has 1 aromatic heterocycles. The summed E-state index contributed by atoms with van der Waals surface area (Å²) in [4.78, 5) is 28.6. The average Bonchev–Trinajstić information content (AvgIpc) is 2.74. The van der Waals surface area contributed by atoms with E-state index in [0.29, 0.717) is 18.5 Å². The van der Waals surface area contributed by atoms with Gasteiger partial charge in [0, 0.05) is 24.8 Å². The molecule has 3 aromatic rings. The summed E-state index contributed by atoms with van der Waals surface area (Å²) in [6, 6.07) is 18.7. The van der Waals surface area contributed by atoms with Gasteiger partial charge in [-0.3, -0.25) is 14.6 Å². The molecule has 2 N–H and O–H groups in total. The SMILES string of the molecule is O=C(NCc1ccc(F)cc1)c1ccnc(C(=O)NCCc2ccccc2)c1. The number of hydrogen-bond acceptors (Lipinski definition) is 3. The molecule has 5 nitrogen and oxygen atoms in total. The van der Waals surface area contributed by atoms with Crippen LogP contribution in [0.1, 0.15) is 32.0 Å². The van der Waals surface area contributed by atoms with Gasteiger partial charge >= 0.3 is 0 Å². The molecule has 0 spiro atoms. The van der Waals surface area contributed by atoms with E-state index in [2.05, 4.69) is 15.6 Å². The first-order chi connectivity index (χ1) is 13.6. The lowest BCUT2D eigenvalue weighted by atomic mass is 10.1. The first-order valence-electron chi connectivity index (χ1n) is 8.92. The molecule has 3 rings (SSSR count). The maximum Gasteiger partial charge on any atom is 0.269 e. The van der Waals surface area contributed by atoms with E-state index in [1.165, 1.54) is 24.4 Å². The van der Waals surface area contributed by atoms with Crippen LogP contribution in [0.4, 0.5) is 4.39 Å². The fraction of sp³-hybridized carbons (Fsp3) is 0.136. The molecule has 0 aliphatic carbocycles.